The molecule has 2 rings (SSSR count). The zero-order valence-corrected chi connectivity index (χ0v) is 13.6. The molecular formula is C13H12ClNO4S2. The first-order valence-electron chi connectivity index (χ1n) is 5.83. The monoisotopic (exact) mass is 345 g/mol. The highest BCUT2D eigenvalue weighted by Crippen LogP contribution is 2.29. The lowest BCUT2D eigenvalue weighted by molar-refractivity contribution is 0.0701. The van der Waals surface area contributed by atoms with Gasteiger partial charge in [0.15, 0.2) is 0 Å². The smallest absolute Gasteiger partial charge is 0.346 e. The normalized spacial score (nSPS) is 11.4. The lowest BCUT2D eigenvalue weighted by atomic mass is 10.2. The number of nitrogens with one attached hydrogen (secondary N) is 1. The van der Waals surface area contributed by atoms with Gasteiger partial charge in [-0.05, 0) is 49.2 Å². The summed E-state index contributed by atoms with van der Waals surface area (Å²) < 4.78 is 27.1. The van der Waals surface area contributed by atoms with Gasteiger partial charge in [-0.2, -0.15) is 0 Å². The number of aryl methyl sites for hydroxylation is 2. The zero-order chi connectivity index (χ0) is 15.8. The molecule has 1 aromatic carbocycles. The van der Waals surface area contributed by atoms with Crippen LogP contribution in [0.15, 0.2) is 29.2 Å². The van der Waals surface area contributed by atoms with Gasteiger partial charge in [-0.1, -0.05) is 11.6 Å². The van der Waals surface area contributed by atoms with Gasteiger partial charge < -0.3 is 5.11 Å². The van der Waals surface area contributed by atoms with Gasteiger partial charge in [-0.3, -0.25) is 4.72 Å². The predicted molar refractivity (Wildman–Crippen MR) is 83.0 cm³/mol. The van der Waals surface area contributed by atoms with Crippen molar-refractivity contribution in [1.82, 2.24) is 0 Å². The molecule has 0 spiro atoms. The van der Waals surface area contributed by atoms with Crippen LogP contribution in [0.25, 0.3) is 0 Å². The maximum atomic E-state index is 12.3. The summed E-state index contributed by atoms with van der Waals surface area (Å²) in [5, 5.41) is 9.70. The van der Waals surface area contributed by atoms with Crippen LogP contribution in [-0.2, 0) is 10.0 Å². The van der Waals surface area contributed by atoms with Crippen LogP contribution >= 0.6 is 22.9 Å². The average molecular weight is 346 g/mol. The van der Waals surface area contributed by atoms with Crippen LogP contribution in [0.5, 0.6) is 0 Å². The molecule has 112 valence electrons. The van der Waals surface area contributed by atoms with E-state index < -0.39 is 16.0 Å². The number of sulfonamides is 1. The Morgan fingerprint density at radius 3 is 2.43 bits per heavy atom. The number of carbonyl (C=O) groups is 1. The SMILES string of the molecule is Cc1cc(Cl)ccc1S(=O)(=O)Nc1cc(C)c(C(=O)O)s1. The van der Waals surface area contributed by atoms with Crippen molar-refractivity contribution in [2.75, 3.05) is 4.72 Å². The first kappa shape index (κ1) is 15.8. The zero-order valence-electron chi connectivity index (χ0n) is 11.2. The predicted octanol–water partition coefficient (Wildman–Crippen LogP) is 3.52. The molecule has 1 aromatic heterocycles. The fourth-order valence-electron chi connectivity index (χ4n) is 1.85. The summed E-state index contributed by atoms with van der Waals surface area (Å²) in [6.45, 7) is 3.26. The number of halogens is 1. The van der Waals surface area contributed by atoms with Gasteiger partial charge in [-0.15, -0.1) is 11.3 Å². The van der Waals surface area contributed by atoms with E-state index in [1.165, 1.54) is 18.2 Å². The Morgan fingerprint density at radius 2 is 1.90 bits per heavy atom. The topological polar surface area (TPSA) is 83.5 Å². The van der Waals surface area contributed by atoms with E-state index >= 15 is 0 Å². The first-order valence-corrected chi connectivity index (χ1v) is 8.51. The number of aromatic carboxylic acids is 1. The van der Waals surface area contributed by atoms with Gasteiger partial charge in [0.2, 0.25) is 0 Å². The number of hydrogen-bond acceptors (Lipinski definition) is 4. The minimum absolute atomic E-state index is 0.106. The second-order valence-electron chi connectivity index (χ2n) is 4.44. The van der Waals surface area contributed by atoms with Crippen molar-refractivity contribution in [1.29, 1.82) is 0 Å². The van der Waals surface area contributed by atoms with Gasteiger partial charge in [0.05, 0.1) is 4.90 Å². The quantitative estimate of drug-likeness (QED) is 0.888. The van der Waals surface area contributed by atoms with Crippen molar-refractivity contribution in [3.05, 3.63) is 45.3 Å². The Bertz CT molecular complexity index is 812. The Labute approximate surface area is 131 Å². The third kappa shape index (κ3) is 3.37. The van der Waals surface area contributed by atoms with E-state index in [1.54, 1.807) is 19.9 Å². The molecular weight excluding hydrogens is 334 g/mol. The first-order chi connectivity index (χ1) is 9.70. The molecule has 0 aliphatic heterocycles. The Morgan fingerprint density at radius 1 is 1.24 bits per heavy atom. The van der Waals surface area contributed by atoms with Gasteiger partial charge in [0, 0.05) is 5.02 Å². The Kier molecular flexibility index (Phi) is 4.27. The van der Waals surface area contributed by atoms with E-state index in [-0.39, 0.29) is 14.8 Å². The molecule has 0 radical (unpaired) electrons. The second-order valence-corrected chi connectivity index (χ2v) is 7.58. The van der Waals surface area contributed by atoms with Crippen molar-refractivity contribution in [3.63, 3.8) is 0 Å². The third-order valence-corrected chi connectivity index (χ3v) is 5.80. The number of carboxylic acid groups (broad SMARTS) is 1. The highest BCUT2D eigenvalue weighted by molar-refractivity contribution is 7.93. The van der Waals surface area contributed by atoms with Crippen molar-refractivity contribution >= 4 is 43.9 Å². The molecule has 0 saturated carbocycles. The summed E-state index contributed by atoms with van der Waals surface area (Å²) in [6.07, 6.45) is 0. The molecule has 0 saturated heterocycles. The summed E-state index contributed by atoms with van der Waals surface area (Å²) >= 11 is 6.69. The fourth-order valence-corrected chi connectivity index (χ4v) is 4.50. The number of benzene rings is 1. The maximum absolute atomic E-state index is 12.3. The second kappa shape index (κ2) is 5.67. The fraction of sp³-hybridized carbons (Fsp3) is 0.154. The van der Waals surface area contributed by atoms with Crippen molar-refractivity contribution in [2.45, 2.75) is 18.7 Å². The van der Waals surface area contributed by atoms with Crippen LogP contribution in [0.4, 0.5) is 5.00 Å². The number of carboxylic acids is 1. The largest absolute Gasteiger partial charge is 0.477 e. The summed E-state index contributed by atoms with van der Waals surface area (Å²) in [4.78, 5) is 11.2. The summed E-state index contributed by atoms with van der Waals surface area (Å²) in [6, 6.07) is 5.96. The minimum Gasteiger partial charge on any atom is -0.477 e. The number of hydrogen-bond donors (Lipinski definition) is 2. The van der Waals surface area contributed by atoms with Crippen molar-refractivity contribution < 1.29 is 18.3 Å². The number of thiophene rings is 1. The van der Waals surface area contributed by atoms with E-state index in [1.807, 2.05) is 0 Å². The van der Waals surface area contributed by atoms with E-state index in [2.05, 4.69) is 4.72 Å². The molecule has 0 aliphatic carbocycles. The van der Waals surface area contributed by atoms with E-state index in [0.717, 1.165) is 11.3 Å². The van der Waals surface area contributed by atoms with Crippen molar-refractivity contribution in [3.8, 4) is 0 Å². The molecule has 0 aliphatic rings. The van der Waals surface area contributed by atoms with Crippen LogP contribution < -0.4 is 4.72 Å². The van der Waals surface area contributed by atoms with Crippen LogP contribution in [0, 0.1) is 13.8 Å². The van der Waals surface area contributed by atoms with Gasteiger partial charge >= 0.3 is 5.97 Å². The molecule has 2 aromatic rings. The molecule has 0 atom stereocenters. The van der Waals surface area contributed by atoms with Crippen LogP contribution in [0.2, 0.25) is 5.02 Å². The molecule has 21 heavy (non-hydrogen) atoms. The highest BCUT2D eigenvalue weighted by atomic mass is 35.5. The van der Waals surface area contributed by atoms with E-state index in [0.29, 0.717) is 16.1 Å². The molecule has 2 N–H and O–H groups in total. The van der Waals surface area contributed by atoms with Crippen LogP contribution in [0.3, 0.4) is 0 Å². The van der Waals surface area contributed by atoms with Gasteiger partial charge in [0.25, 0.3) is 10.0 Å². The third-order valence-electron chi connectivity index (χ3n) is 2.77. The molecule has 0 unspecified atom stereocenters. The lowest BCUT2D eigenvalue weighted by Gasteiger charge is -2.08. The maximum Gasteiger partial charge on any atom is 0.346 e. The van der Waals surface area contributed by atoms with Crippen LogP contribution in [-0.4, -0.2) is 19.5 Å². The molecule has 5 nitrogen and oxygen atoms in total. The molecule has 0 bridgehead atoms. The van der Waals surface area contributed by atoms with Crippen LogP contribution in [0.1, 0.15) is 20.8 Å². The summed E-state index contributed by atoms with van der Waals surface area (Å²) in [5.41, 5.74) is 1.03. The van der Waals surface area contributed by atoms with E-state index in [4.69, 9.17) is 16.7 Å². The average Bonchev–Trinajstić information content (AvgIpc) is 2.68. The Hall–Kier alpha value is -1.57. The summed E-state index contributed by atoms with van der Waals surface area (Å²) in [5.74, 6) is -1.08. The highest BCUT2D eigenvalue weighted by Gasteiger charge is 2.20. The van der Waals surface area contributed by atoms with Gasteiger partial charge in [-0.25, -0.2) is 13.2 Å². The summed E-state index contributed by atoms with van der Waals surface area (Å²) in [7, 11) is -3.78. The van der Waals surface area contributed by atoms with E-state index in [9.17, 15) is 13.2 Å². The van der Waals surface area contributed by atoms with Gasteiger partial charge in [0.1, 0.15) is 9.88 Å². The minimum atomic E-state index is -3.78. The molecule has 8 heteroatoms. The van der Waals surface area contributed by atoms with Crippen molar-refractivity contribution in [2.24, 2.45) is 0 Å². The molecule has 0 amide bonds. The molecule has 1 heterocycles. The standard InChI is InChI=1S/C13H12ClNO4S2/c1-7-5-9(14)3-4-10(7)21(18,19)15-11-6-8(2)12(20-11)13(16)17/h3-6,15H,1-2H3,(H,16,17). The number of rotatable bonds is 4. The lowest BCUT2D eigenvalue weighted by Crippen LogP contribution is -2.13. The number of anilines is 1. The Balaban J connectivity index is 2.37. The molecule has 0 fully saturated rings.